The van der Waals surface area contributed by atoms with Gasteiger partial charge in [0.1, 0.15) is 11.6 Å². The normalized spacial score (nSPS) is 40.5. The number of ether oxygens (including phenoxy) is 1. The molecule has 1 N–H and O–H groups in total. The number of rotatable bonds is 6. The van der Waals surface area contributed by atoms with Crippen molar-refractivity contribution in [2.75, 3.05) is 25.2 Å². The van der Waals surface area contributed by atoms with Crippen molar-refractivity contribution in [1.82, 2.24) is 4.98 Å². The maximum atomic E-state index is 13.8. The van der Waals surface area contributed by atoms with Crippen molar-refractivity contribution in [3.63, 3.8) is 0 Å². The third-order valence-electron chi connectivity index (χ3n) is 11.8. The van der Waals surface area contributed by atoms with Gasteiger partial charge in [0, 0.05) is 38.1 Å². The summed E-state index contributed by atoms with van der Waals surface area (Å²) in [4.78, 5) is 32.5. The summed E-state index contributed by atoms with van der Waals surface area (Å²) in [5, 5.41) is 11.0. The molecule has 208 valence electrons. The minimum absolute atomic E-state index is 0.111. The van der Waals surface area contributed by atoms with Crippen molar-refractivity contribution < 1.29 is 19.4 Å². The van der Waals surface area contributed by atoms with E-state index < -0.39 is 5.60 Å². The number of aryl methyl sites for hydroxylation is 1. The summed E-state index contributed by atoms with van der Waals surface area (Å²) in [7, 11) is 1.70. The molecule has 8 atom stereocenters. The molecule has 0 bridgehead atoms. The number of fused-ring (bicyclic) bond motifs is 5. The molecule has 0 unspecified atom stereocenters. The van der Waals surface area contributed by atoms with E-state index in [1.54, 1.807) is 12.0 Å². The number of ketones is 1. The van der Waals surface area contributed by atoms with Gasteiger partial charge in [-0.3, -0.25) is 14.5 Å². The molecule has 1 aromatic rings. The van der Waals surface area contributed by atoms with E-state index in [-0.39, 0.29) is 17.2 Å². The molecule has 4 saturated carbocycles. The Hall–Kier alpha value is -1.79. The van der Waals surface area contributed by atoms with Crippen LogP contribution >= 0.6 is 0 Å². The van der Waals surface area contributed by atoms with E-state index in [9.17, 15) is 14.7 Å². The van der Waals surface area contributed by atoms with Crippen molar-refractivity contribution in [2.24, 2.45) is 40.9 Å². The van der Waals surface area contributed by atoms with Crippen LogP contribution in [0.3, 0.4) is 0 Å². The van der Waals surface area contributed by atoms with Crippen molar-refractivity contribution in [3.8, 4) is 0 Å². The Morgan fingerprint density at radius 3 is 2.66 bits per heavy atom. The van der Waals surface area contributed by atoms with Crippen LogP contribution in [0.2, 0.25) is 0 Å². The third kappa shape index (κ3) is 4.44. The summed E-state index contributed by atoms with van der Waals surface area (Å²) >= 11 is 0. The van der Waals surface area contributed by atoms with Crippen LogP contribution in [0.4, 0.5) is 5.82 Å². The van der Waals surface area contributed by atoms with E-state index in [0.717, 1.165) is 79.9 Å². The van der Waals surface area contributed by atoms with Crippen molar-refractivity contribution in [1.29, 1.82) is 0 Å². The van der Waals surface area contributed by atoms with Crippen molar-refractivity contribution in [3.05, 3.63) is 23.4 Å². The van der Waals surface area contributed by atoms with Gasteiger partial charge in [0.15, 0.2) is 0 Å². The Labute approximate surface area is 227 Å². The van der Waals surface area contributed by atoms with Crippen LogP contribution < -0.4 is 4.90 Å². The number of hydrogen-bond donors (Lipinski definition) is 1. The molecule has 1 aromatic heterocycles. The number of aliphatic hydroxyl groups is 1. The van der Waals surface area contributed by atoms with Gasteiger partial charge in [-0.1, -0.05) is 13.0 Å². The summed E-state index contributed by atoms with van der Waals surface area (Å²) in [6, 6.07) is 3.96. The summed E-state index contributed by atoms with van der Waals surface area (Å²) in [5.41, 5.74) is 1.37. The number of Topliss-reactive ketones (excluding diaryl/α,β-unsaturated/α-hetero) is 1. The van der Waals surface area contributed by atoms with E-state index in [2.05, 4.69) is 6.92 Å². The average Bonchev–Trinajstić information content (AvgIpc) is 3.47. The second-order valence-electron chi connectivity index (χ2n) is 13.7. The van der Waals surface area contributed by atoms with Crippen LogP contribution in [0.1, 0.15) is 88.8 Å². The van der Waals surface area contributed by atoms with E-state index in [4.69, 9.17) is 9.72 Å². The first-order chi connectivity index (χ1) is 18.2. The van der Waals surface area contributed by atoms with Gasteiger partial charge in [-0.15, -0.1) is 0 Å². The molecule has 1 amide bonds. The molecule has 5 fully saturated rings. The molecule has 6 nitrogen and oxygen atoms in total. The number of carbonyl (C=O) groups is 2. The van der Waals surface area contributed by atoms with Crippen LogP contribution in [-0.2, 0) is 20.7 Å². The Bertz CT molecular complexity index is 1090. The quantitative estimate of drug-likeness (QED) is 0.550. The highest BCUT2D eigenvalue weighted by Gasteiger charge is 2.59. The van der Waals surface area contributed by atoms with Gasteiger partial charge in [0.05, 0.1) is 12.2 Å². The lowest BCUT2D eigenvalue weighted by molar-refractivity contribution is -0.135. The minimum Gasteiger partial charge on any atom is -0.387 e. The van der Waals surface area contributed by atoms with E-state index >= 15 is 0 Å². The van der Waals surface area contributed by atoms with Crippen LogP contribution in [0.25, 0.3) is 0 Å². The van der Waals surface area contributed by atoms with Gasteiger partial charge in [-0.05, 0) is 118 Å². The molecule has 1 saturated heterocycles. The standard InChI is InChI=1S/C32H46N2O4/c1-20-21(7-11-29(33-20)34-16-4-5-30(34)36)17-28(35)27-10-9-26-25-8-6-22-18-32(37,19-38-3)15-13-23(22)24(25)12-14-31(26,27)2/h7,11,22-27,37H,4-6,8-10,12-19H2,1-3H3/t22-,23+,24-,25-,26+,27-,31+,32-/m1/s1. The molecule has 6 rings (SSSR count). The summed E-state index contributed by atoms with van der Waals surface area (Å²) in [6.45, 7) is 5.61. The molecule has 6 heteroatoms. The van der Waals surface area contributed by atoms with Crippen LogP contribution in [-0.4, -0.2) is 47.6 Å². The fourth-order valence-electron chi connectivity index (χ4n) is 10.0. The minimum atomic E-state index is -0.633. The highest BCUT2D eigenvalue weighted by molar-refractivity contribution is 5.94. The number of methoxy groups -OCH3 is 1. The first-order valence-corrected chi connectivity index (χ1v) is 15.2. The number of aromatic nitrogens is 1. The van der Waals surface area contributed by atoms with Crippen LogP contribution in [0.15, 0.2) is 12.1 Å². The lowest BCUT2D eigenvalue weighted by Gasteiger charge is -2.57. The van der Waals surface area contributed by atoms with Gasteiger partial charge in [0.2, 0.25) is 5.91 Å². The summed E-state index contributed by atoms with van der Waals surface area (Å²) in [6.07, 6.45) is 11.9. The summed E-state index contributed by atoms with van der Waals surface area (Å²) in [5.74, 6) is 4.92. The number of carbonyl (C=O) groups excluding carboxylic acids is 2. The number of anilines is 1. The smallest absolute Gasteiger partial charge is 0.228 e. The lowest BCUT2D eigenvalue weighted by Crippen LogP contribution is -2.52. The highest BCUT2D eigenvalue weighted by Crippen LogP contribution is 2.64. The van der Waals surface area contributed by atoms with Gasteiger partial charge in [0.25, 0.3) is 0 Å². The largest absolute Gasteiger partial charge is 0.387 e. The SMILES string of the molecule is COC[C@@]1(O)CC[C@H]2[C@H](CC[C@@H]3[C@@H]2CC[C@]2(C)[C@@H](C(=O)Cc4ccc(N5CCCC5=O)nc4C)CC[C@@H]32)C1. The molecule has 2 heterocycles. The number of pyridine rings is 1. The molecule has 38 heavy (non-hydrogen) atoms. The Morgan fingerprint density at radius 1 is 1.11 bits per heavy atom. The van der Waals surface area contributed by atoms with Crippen LogP contribution in [0, 0.1) is 47.8 Å². The summed E-state index contributed by atoms with van der Waals surface area (Å²) < 4.78 is 5.36. The topological polar surface area (TPSA) is 79.7 Å². The lowest BCUT2D eigenvalue weighted by atomic mass is 9.49. The third-order valence-corrected chi connectivity index (χ3v) is 11.8. The van der Waals surface area contributed by atoms with Gasteiger partial charge >= 0.3 is 0 Å². The zero-order valence-electron chi connectivity index (χ0n) is 23.6. The Kier molecular flexibility index (Phi) is 6.95. The Balaban J connectivity index is 1.13. The number of hydrogen-bond acceptors (Lipinski definition) is 5. The van der Waals surface area contributed by atoms with Crippen molar-refractivity contribution >= 4 is 17.5 Å². The highest BCUT2D eigenvalue weighted by atomic mass is 16.5. The average molecular weight is 523 g/mol. The molecule has 0 aromatic carbocycles. The number of amides is 1. The van der Waals surface area contributed by atoms with Gasteiger partial charge in [-0.25, -0.2) is 4.98 Å². The van der Waals surface area contributed by atoms with E-state index in [1.165, 1.54) is 25.7 Å². The molecular weight excluding hydrogens is 476 g/mol. The zero-order valence-corrected chi connectivity index (χ0v) is 23.6. The maximum Gasteiger partial charge on any atom is 0.228 e. The first-order valence-electron chi connectivity index (χ1n) is 15.2. The molecule has 1 aliphatic heterocycles. The molecule has 0 spiro atoms. The predicted octanol–water partition coefficient (Wildman–Crippen LogP) is 5.27. The second kappa shape index (κ2) is 9.99. The molecule has 0 radical (unpaired) electrons. The zero-order chi connectivity index (χ0) is 26.7. The predicted molar refractivity (Wildman–Crippen MR) is 147 cm³/mol. The monoisotopic (exact) mass is 522 g/mol. The van der Waals surface area contributed by atoms with Crippen molar-refractivity contribution in [2.45, 2.75) is 96.5 Å². The molecular formula is C32H46N2O4. The van der Waals surface area contributed by atoms with E-state index in [0.29, 0.717) is 37.1 Å². The second-order valence-corrected chi connectivity index (χ2v) is 13.7. The van der Waals surface area contributed by atoms with Crippen LogP contribution in [0.5, 0.6) is 0 Å². The maximum absolute atomic E-state index is 13.8. The fraction of sp³-hybridized carbons (Fsp3) is 0.781. The Morgan fingerprint density at radius 2 is 1.92 bits per heavy atom. The van der Waals surface area contributed by atoms with E-state index in [1.807, 2.05) is 19.1 Å². The molecule has 5 aliphatic rings. The molecule has 4 aliphatic carbocycles. The van der Waals surface area contributed by atoms with Gasteiger partial charge < -0.3 is 9.84 Å². The first kappa shape index (κ1) is 26.4. The number of nitrogens with zero attached hydrogens (tertiary/aromatic N) is 2. The van der Waals surface area contributed by atoms with Gasteiger partial charge in [-0.2, -0.15) is 0 Å². The fourth-order valence-corrected chi connectivity index (χ4v) is 10.0.